The van der Waals surface area contributed by atoms with E-state index in [1.54, 1.807) is 36.5 Å². The van der Waals surface area contributed by atoms with E-state index in [2.05, 4.69) is 20.9 Å². The van der Waals surface area contributed by atoms with E-state index in [4.69, 9.17) is 10.8 Å². The first-order valence-electron chi connectivity index (χ1n) is 12.4. The van der Waals surface area contributed by atoms with Crippen LogP contribution in [0.25, 0.3) is 10.9 Å². The maximum atomic E-state index is 13.4. The molecule has 39 heavy (non-hydrogen) atoms. The molecule has 1 aromatic heterocycles. The van der Waals surface area contributed by atoms with Crippen LogP contribution >= 0.6 is 0 Å². The molecule has 9 N–H and O–H groups in total. The number of carboxylic acids is 1. The molecule has 1 heterocycles. The quantitative estimate of drug-likeness (QED) is 0.137. The molecule has 208 valence electrons. The molecule has 0 saturated heterocycles. The predicted octanol–water partition coefficient (Wildman–Crippen LogP) is -0.807. The van der Waals surface area contributed by atoms with Crippen molar-refractivity contribution in [3.8, 4) is 0 Å². The van der Waals surface area contributed by atoms with Crippen LogP contribution in [-0.2, 0) is 32.0 Å². The molecule has 0 spiro atoms. The smallest absolute Gasteiger partial charge is 0.326 e. The van der Waals surface area contributed by atoms with Gasteiger partial charge in [-0.15, -0.1) is 0 Å². The molecular weight excluding hydrogens is 506 g/mol. The monoisotopic (exact) mass is 539 g/mol. The molecule has 5 unspecified atom stereocenters. The van der Waals surface area contributed by atoms with Crippen LogP contribution in [0.15, 0.2) is 60.8 Å². The van der Waals surface area contributed by atoms with Crippen molar-refractivity contribution in [3.05, 3.63) is 71.9 Å². The van der Waals surface area contributed by atoms with Gasteiger partial charge in [0.25, 0.3) is 0 Å². The fourth-order valence-electron chi connectivity index (χ4n) is 4.06. The zero-order valence-corrected chi connectivity index (χ0v) is 21.3. The number of aromatic nitrogens is 1. The predicted molar refractivity (Wildman–Crippen MR) is 142 cm³/mol. The molecule has 0 bridgehead atoms. The number of aromatic amines is 1. The number of aliphatic carboxylic acids is 1. The summed E-state index contributed by atoms with van der Waals surface area (Å²) in [6.07, 6.45) is 0.308. The number of hydrogen-bond acceptors (Lipinski definition) is 7. The number of H-pyrrole nitrogens is 1. The summed E-state index contributed by atoms with van der Waals surface area (Å²) >= 11 is 0. The minimum Gasteiger partial charge on any atom is -0.480 e. The Morgan fingerprint density at radius 1 is 0.872 bits per heavy atom. The second-order valence-corrected chi connectivity index (χ2v) is 9.23. The topological polar surface area (TPSA) is 207 Å². The van der Waals surface area contributed by atoms with Crippen molar-refractivity contribution in [1.82, 2.24) is 20.9 Å². The Kier molecular flexibility index (Phi) is 10.1. The summed E-state index contributed by atoms with van der Waals surface area (Å²) in [7, 11) is 0. The average molecular weight is 540 g/mol. The van der Waals surface area contributed by atoms with Crippen LogP contribution in [0.4, 0.5) is 0 Å². The number of aliphatic hydroxyl groups excluding tert-OH is 2. The summed E-state index contributed by atoms with van der Waals surface area (Å²) in [5, 5.41) is 37.2. The summed E-state index contributed by atoms with van der Waals surface area (Å²) in [6, 6.07) is 10.7. The van der Waals surface area contributed by atoms with E-state index in [0.717, 1.165) is 10.9 Å². The standard InChI is InChI=1S/C27H33N5O7/c1-15(34)23(32-24(35)19(28)14-33)26(37)30-21(12-17-13-29-20-10-6-5-9-18(17)20)25(36)31-22(27(38)39)11-16-7-3-2-4-8-16/h2-10,13,15,19,21-23,29,33-34H,11-12,14,28H2,1H3,(H,30,37)(H,31,36)(H,32,35)(H,38,39). The second-order valence-electron chi connectivity index (χ2n) is 9.23. The van der Waals surface area contributed by atoms with Crippen molar-refractivity contribution in [3.63, 3.8) is 0 Å². The van der Waals surface area contributed by atoms with Gasteiger partial charge in [-0.3, -0.25) is 14.4 Å². The van der Waals surface area contributed by atoms with Crippen molar-refractivity contribution >= 4 is 34.6 Å². The van der Waals surface area contributed by atoms with Crippen LogP contribution in [0, 0.1) is 0 Å². The van der Waals surface area contributed by atoms with Gasteiger partial charge in [-0.25, -0.2) is 4.79 Å². The Morgan fingerprint density at radius 2 is 1.51 bits per heavy atom. The number of amides is 3. The maximum Gasteiger partial charge on any atom is 0.326 e. The van der Waals surface area contributed by atoms with Gasteiger partial charge in [-0.05, 0) is 24.1 Å². The highest BCUT2D eigenvalue weighted by Gasteiger charge is 2.33. The minimum absolute atomic E-state index is 0.0150. The lowest BCUT2D eigenvalue weighted by molar-refractivity contribution is -0.142. The number of carbonyl (C=O) groups is 4. The van der Waals surface area contributed by atoms with E-state index < -0.39 is 60.6 Å². The highest BCUT2D eigenvalue weighted by molar-refractivity contribution is 5.95. The third-order valence-corrected chi connectivity index (χ3v) is 6.23. The average Bonchev–Trinajstić information content (AvgIpc) is 3.33. The Morgan fingerprint density at radius 3 is 2.15 bits per heavy atom. The van der Waals surface area contributed by atoms with E-state index in [0.29, 0.717) is 11.1 Å². The number of carboxylic acid groups (broad SMARTS) is 1. The number of nitrogens with two attached hydrogens (primary N) is 1. The summed E-state index contributed by atoms with van der Waals surface area (Å²) < 4.78 is 0. The largest absolute Gasteiger partial charge is 0.480 e. The number of para-hydroxylation sites is 1. The molecule has 0 fully saturated rings. The summed E-state index contributed by atoms with van der Waals surface area (Å²) in [5.74, 6) is -3.78. The number of rotatable bonds is 13. The highest BCUT2D eigenvalue weighted by atomic mass is 16.4. The van der Waals surface area contributed by atoms with E-state index in [1.165, 1.54) is 6.92 Å². The van der Waals surface area contributed by atoms with Crippen molar-refractivity contribution in [2.24, 2.45) is 5.73 Å². The van der Waals surface area contributed by atoms with E-state index in [9.17, 15) is 29.4 Å². The van der Waals surface area contributed by atoms with Crippen molar-refractivity contribution in [1.29, 1.82) is 0 Å². The van der Waals surface area contributed by atoms with Crippen LogP contribution in [0.3, 0.4) is 0 Å². The number of aliphatic hydroxyl groups is 2. The van der Waals surface area contributed by atoms with Gasteiger partial charge in [-0.2, -0.15) is 0 Å². The molecule has 0 aliphatic carbocycles. The van der Waals surface area contributed by atoms with Gasteiger partial charge in [0.2, 0.25) is 17.7 Å². The summed E-state index contributed by atoms with van der Waals surface area (Å²) in [5.41, 5.74) is 7.68. The van der Waals surface area contributed by atoms with Gasteiger partial charge in [0, 0.05) is 29.9 Å². The lowest BCUT2D eigenvalue weighted by Gasteiger charge is -2.26. The molecule has 5 atom stereocenters. The fraction of sp³-hybridized carbons (Fsp3) is 0.333. The van der Waals surface area contributed by atoms with Crippen molar-refractivity contribution in [2.75, 3.05) is 6.61 Å². The molecule has 0 aliphatic heterocycles. The van der Waals surface area contributed by atoms with Crippen LogP contribution < -0.4 is 21.7 Å². The molecule has 3 aromatic rings. The summed E-state index contributed by atoms with van der Waals surface area (Å²) in [4.78, 5) is 53.8. The summed E-state index contributed by atoms with van der Waals surface area (Å²) in [6.45, 7) is 0.591. The molecule has 0 radical (unpaired) electrons. The van der Waals surface area contributed by atoms with Crippen LogP contribution in [0.5, 0.6) is 0 Å². The number of benzene rings is 2. The first-order valence-corrected chi connectivity index (χ1v) is 12.4. The zero-order chi connectivity index (χ0) is 28.5. The van der Waals surface area contributed by atoms with Gasteiger partial charge in [0.15, 0.2) is 0 Å². The lowest BCUT2D eigenvalue weighted by atomic mass is 10.0. The Balaban J connectivity index is 1.86. The van der Waals surface area contributed by atoms with E-state index in [-0.39, 0.29) is 12.8 Å². The van der Waals surface area contributed by atoms with Gasteiger partial charge >= 0.3 is 5.97 Å². The van der Waals surface area contributed by atoms with Crippen molar-refractivity contribution < 1.29 is 34.5 Å². The zero-order valence-electron chi connectivity index (χ0n) is 21.3. The molecule has 3 amide bonds. The normalized spacial score (nSPS) is 15.0. The molecule has 12 nitrogen and oxygen atoms in total. The lowest BCUT2D eigenvalue weighted by Crippen LogP contribution is -2.60. The van der Waals surface area contributed by atoms with Gasteiger partial charge in [-0.1, -0.05) is 48.5 Å². The number of carbonyl (C=O) groups excluding carboxylic acids is 3. The molecule has 12 heteroatoms. The third kappa shape index (κ3) is 7.87. The van der Waals surface area contributed by atoms with Crippen LogP contribution in [0.2, 0.25) is 0 Å². The third-order valence-electron chi connectivity index (χ3n) is 6.23. The molecule has 3 rings (SSSR count). The van der Waals surface area contributed by atoms with Gasteiger partial charge in [0.05, 0.1) is 12.7 Å². The highest BCUT2D eigenvalue weighted by Crippen LogP contribution is 2.19. The molecule has 2 aromatic carbocycles. The minimum atomic E-state index is -1.49. The van der Waals surface area contributed by atoms with Crippen LogP contribution in [-0.4, -0.2) is 80.9 Å². The van der Waals surface area contributed by atoms with Crippen LogP contribution in [0.1, 0.15) is 18.1 Å². The Labute approximate surface area is 224 Å². The first kappa shape index (κ1) is 29.3. The molecule has 0 saturated carbocycles. The van der Waals surface area contributed by atoms with E-state index in [1.807, 2.05) is 24.3 Å². The number of fused-ring (bicyclic) bond motifs is 1. The number of hydrogen-bond donors (Lipinski definition) is 8. The maximum absolute atomic E-state index is 13.4. The Hall–Kier alpha value is -4.26. The van der Waals surface area contributed by atoms with Gasteiger partial charge < -0.3 is 42.0 Å². The van der Waals surface area contributed by atoms with Gasteiger partial charge in [0.1, 0.15) is 24.2 Å². The first-order chi connectivity index (χ1) is 18.6. The van der Waals surface area contributed by atoms with Crippen molar-refractivity contribution in [2.45, 2.75) is 50.0 Å². The fourth-order valence-corrected chi connectivity index (χ4v) is 4.06. The van der Waals surface area contributed by atoms with E-state index >= 15 is 0 Å². The number of nitrogens with one attached hydrogen (secondary N) is 4. The molecule has 0 aliphatic rings. The molecular formula is C27H33N5O7. The Bertz CT molecular complexity index is 1290. The second kappa shape index (κ2) is 13.5. The SMILES string of the molecule is CC(O)C(NC(=O)C(N)CO)C(=O)NC(Cc1c[nH]c2ccccc12)C(=O)NC(Cc1ccccc1)C(=O)O.